The second kappa shape index (κ2) is 8.60. The number of rotatable bonds is 5. The number of hydrazone groups is 1. The van der Waals surface area contributed by atoms with Gasteiger partial charge >= 0.3 is 0 Å². The molecular weight excluding hydrogens is 330 g/mol. The molecule has 1 aromatic rings. The first-order valence-electron chi connectivity index (χ1n) is 9.11. The van der Waals surface area contributed by atoms with Crippen molar-refractivity contribution in [3.05, 3.63) is 35.9 Å². The zero-order chi connectivity index (χ0) is 18.4. The topological polar surface area (TPSA) is 94.9 Å². The lowest BCUT2D eigenvalue weighted by Crippen LogP contribution is -2.52. The van der Waals surface area contributed by atoms with Crippen molar-refractivity contribution < 1.29 is 9.59 Å². The Bertz CT molecular complexity index is 714. The number of amidine groups is 1. The Morgan fingerprint density at radius 1 is 1.31 bits per heavy atom. The molecular formula is C19H25N5O2. The van der Waals surface area contributed by atoms with E-state index in [4.69, 9.17) is 0 Å². The van der Waals surface area contributed by atoms with Gasteiger partial charge in [0.1, 0.15) is 11.9 Å². The minimum Gasteiger partial charge on any atom is -0.285 e. The molecule has 0 spiro atoms. The van der Waals surface area contributed by atoms with Gasteiger partial charge in [0.15, 0.2) is 0 Å². The molecule has 2 amide bonds. The second-order valence-electron chi connectivity index (χ2n) is 6.99. The molecule has 1 saturated carbocycles. The molecule has 138 valence electrons. The van der Waals surface area contributed by atoms with E-state index in [0.717, 1.165) is 30.5 Å². The largest absolute Gasteiger partial charge is 0.285 e. The number of nitrogens with zero attached hydrogens (tertiary/aromatic N) is 2. The molecule has 0 unspecified atom stereocenters. The van der Waals surface area contributed by atoms with Crippen LogP contribution in [0.2, 0.25) is 0 Å². The van der Waals surface area contributed by atoms with Crippen molar-refractivity contribution >= 4 is 23.4 Å². The zero-order valence-corrected chi connectivity index (χ0v) is 15.0. The van der Waals surface area contributed by atoms with Gasteiger partial charge in [0.25, 0.3) is 5.91 Å². The van der Waals surface area contributed by atoms with Crippen LogP contribution in [-0.2, 0) is 16.0 Å². The predicted molar refractivity (Wildman–Crippen MR) is 100 cm³/mol. The number of aliphatic imine (C=N–C) groups is 1. The third-order valence-corrected chi connectivity index (χ3v) is 4.62. The summed E-state index contributed by atoms with van der Waals surface area (Å²) in [5.74, 6) is 0.650. The van der Waals surface area contributed by atoms with Gasteiger partial charge in [-0.05, 0) is 37.2 Å². The minimum atomic E-state index is -0.736. The highest BCUT2D eigenvalue weighted by Crippen LogP contribution is 2.20. The highest BCUT2D eigenvalue weighted by atomic mass is 16.2. The van der Waals surface area contributed by atoms with Crippen molar-refractivity contribution in [2.45, 2.75) is 51.5 Å². The second-order valence-corrected chi connectivity index (χ2v) is 6.99. The van der Waals surface area contributed by atoms with Crippen LogP contribution in [0.4, 0.5) is 0 Å². The third kappa shape index (κ3) is 5.15. The van der Waals surface area contributed by atoms with Crippen LogP contribution in [0.25, 0.3) is 0 Å². The van der Waals surface area contributed by atoms with E-state index in [0.29, 0.717) is 18.2 Å². The Balaban J connectivity index is 1.56. The molecule has 1 aliphatic carbocycles. The van der Waals surface area contributed by atoms with E-state index in [1.54, 1.807) is 0 Å². The lowest BCUT2D eigenvalue weighted by atomic mass is 9.89. The summed E-state index contributed by atoms with van der Waals surface area (Å²) >= 11 is 0. The molecule has 0 bridgehead atoms. The number of amides is 2. The molecule has 2 aliphatic rings. The van der Waals surface area contributed by atoms with Crippen LogP contribution in [0.3, 0.4) is 0 Å². The van der Waals surface area contributed by atoms with E-state index in [1.807, 2.05) is 30.3 Å². The lowest BCUT2D eigenvalue weighted by molar-refractivity contribution is -0.128. The fraction of sp³-hybridized carbons (Fsp3) is 0.474. The van der Waals surface area contributed by atoms with E-state index in [2.05, 4.69) is 33.3 Å². The predicted octanol–water partition coefficient (Wildman–Crippen LogP) is 1.70. The molecule has 0 aromatic heterocycles. The first-order chi connectivity index (χ1) is 12.6. The van der Waals surface area contributed by atoms with Crippen molar-refractivity contribution in [3.63, 3.8) is 0 Å². The fourth-order valence-corrected chi connectivity index (χ4v) is 3.24. The van der Waals surface area contributed by atoms with Crippen LogP contribution in [0.1, 0.15) is 44.6 Å². The van der Waals surface area contributed by atoms with Gasteiger partial charge in [-0.3, -0.25) is 25.4 Å². The van der Waals surface area contributed by atoms with Crippen molar-refractivity contribution in [2.75, 3.05) is 0 Å². The van der Waals surface area contributed by atoms with Crippen molar-refractivity contribution in [2.24, 2.45) is 16.0 Å². The Labute approximate surface area is 153 Å². The van der Waals surface area contributed by atoms with Crippen LogP contribution >= 0.6 is 0 Å². The maximum Gasteiger partial charge on any atom is 0.263 e. The van der Waals surface area contributed by atoms with E-state index in [1.165, 1.54) is 6.42 Å². The monoisotopic (exact) mass is 355 g/mol. The van der Waals surface area contributed by atoms with E-state index < -0.39 is 6.04 Å². The number of hydrazine groups is 1. The number of hydrogen-bond acceptors (Lipinski definition) is 5. The van der Waals surface area contributed by atoms with Crippen molar-refractivity contribution in [1.82, 2.24) is 16.3 Å². The van der Waals surface area contributed by atoms with Gasteiger partial charge in [-0.25, -0.2) is 5.43 Å². The summed E-state index contributed by atoms with van der Waals surface area (Å²) in [5, 5.41) is 4.23. The molecule has 3 rings (SSSR count). The first-order valence-corrected chi connectivity index (χ1v) is 9.11. The summed E-state index contributed by atoms with van der Waals surface area (Å²) in [6.45, 7) is 2.19. The van der Waals surface area contributed by atoms with Gasteiger partial charge in [0, 0.05) is 12.1 Å². The van der Waals surface area contributed by atoms with Gasteiger partial charge in [-0.2, -0.15) is 5.10 Å². The molecule has 3 N–H and O–H groups in total. The smallest absolute Gasteiger partial charge is 0.263 e. The standard InChI is InChI=1S/C19H25N5O2/c1-13-6-5-9-15(10-13)21-23-18(25)12-16-19(26)24-22-17(20-16)11-14-7-3-2-4-8-14/h2-4,7-8,13,16H,5-6,9-12H2,1H3,(H,20,22)(H,23,25)(H,24,26)/t13-,16-/m0/s1. The van der Waals surface area contributed by atoms with Crippen molar-refractivity contribution in [1.29, 1.82) is 0 Å². The Morgan fingerprint density at radius 3 is 2.88 bits per heavy atom. The quantitative estimate of drug-likeness (QED) is 0.702. The SMILES string of the molecule is C[C@H]1CCCC(=NNC(=O)C[C@@H]2N=C(Cc3ccccc3)NNC2=O)C1. The van der Waals surface area contributed by atoms with Crippen LogP contribution in [0.5, 0.6) is 0 Å². The van der Waals surface area contributed by atoms with Crippen LogP contribution in [-0.4, -0.2) is 29.4 Å². The summed E-state index contributed by atoms with van der Waals surface area (Å²) in [7, 11) is 0. The van der Waals surface area contributed by atoms with E-state index in [9.17, 15) is 9.59 Å². The maximum atomic E-state index is 12.2. The average Bonchev–Trinajstić information content (AvgIpc) is 2.64. The van der Waals surface area contributed by atoms with E-state index >= 15 is 0 Å². The fourth-order valence-electron chi connectivity index (χ4n) is 3.24. The Kier molecular flexibility index (Phi) is 5.99. The average molecular weight is 355 g/mol. The molecule has 7 nitrogen and oxygen atoms in total. The molecule has 26 heavy (non-hydrogen) atoms. The van der Waals surface area contributed by atoms with Gasteiger partial charge in [-0.15, -0.1) is 0 Å². The van der Waals surface area contributed by atoms with Gasteiger partial charge < -0.3 is 0 Å². The number of carbonyl (C=O) groups excluding carboxylic acids is 2. The third-order valence-electron chi connectivity index (χ3n) is 4.62. The molecule has 1 heterocycles. The van der Waals surface area contributed by atoms with Gasteiger partial charge in [0.05, 0.1) is 6.42 Å². The molecule has 1 fully saturated rings. The summed E-state index contributed by atoms with van der Waals surface area (Å²) in [4.78, 5) is 28.5. The highest BCUT2D eigenvalue weighted by molar-refractivity contribution is 5.97. The van der Waals surface area contributed by atoms with Crippen LogP contribution in [0, 0.1) is 5.92 Å². The van der Waals surface area contributed by atoms with Crippen molar-refractivity contribution in [3.8, 4) is 0 Å². The molecule has 1 aliphatic heterocycles. The minimum absolute atomic E-state index is 0.0157. The van der Waals surface area contributed by atoms with E-state index in [-0.39, 0.29) is 18.2 Å². The first kappa shape index (κ1) is 18.1. The number of hydrogen-bond donors (Lipinski definition) is 3. The summed E-state index contributed by atoms with van der Waals surface area (Å²) in [6.07, 6.45) is 4.73. The van der Waals surface area contributed by atoms with Crippen LogP contribution < -0.4 is 16.3 Å². The Hall–Kier alpha value is -2.70. The Morgan fingerprint density at radius 2 is 2.12 bits per heavy atom. The van der Waals surface area contributed by atoms with Crippen LogP contribution in [0.15, 0.2) is 40.4 Å². The number of nitrogens with one attached hydrogen (secondary N) is 3. The summed E-state index contributed by atoms with van der Waals surface area (Å²) < 4.78 is 0. The number of carbonyl (C=O) groups is 2. The normalized spacial score (nSPS) is 24.4. The van der Waals surface area contributed by atoms with Gasteiger partial charge in [-0.1, -0.05) is 37.3 Å². The molecule has 7 heteroatoms. The lowest BCUT2D eigenvalue weighted by Gasteiger charge is -2.22. The summed E-state index contributed by atoms with van der Waals surface area (Å²) in [5.41, 5.74) is 10.1. The molecule has 2 atom stereocenters. The highest BCUT2D eigenvalue weighted by Gasteiger charge is 2.26. The van der Waals surface area contributed by atoms with Gasteiger partial charge in [0.2, 0.25) is 5.91 Å². The molecule has 1 aromatic carbocycles. The zero-order valence-electron chi connectivity index (χ0n) is 15.0. The number of benzene rings is 1. The molecule has 0 saturated heterocycles. The molecule has 0 radical (unpaired) electrons. The summed E-state index contributed by atoms with van der Waals surface area (Å²) in [6, 6.07) is 9.10. The maximum absolute atomic E-state index is 12.2.